The Balaban J connectivity index is 1.80. The summed E-state index contributed by atoms with van der Waals surface area (Å²) in [4.78, 5) is 42.8. The number of hydrogen-bond donors (Lipinski definition) is 1. The number of aromatic nitrogens is 1. The van der Waals surface area contributed by atoms with Gasteiger partial charge in [-0.15, -0.1) is 0 Å². The summed E-state index contributed by atoms with van der Waals surface area (Å²) in [5, 5.41) is 2.81. The number of nitrogens with zero attached hydrogens (tertiary/aromatic N) is 1. The molecule has 0 atom stereocenters. The van der Waals surface area contributed by atoms with Gasteiger partial charge in [-0.05, 0) is 55.4 Å². The van der Waals surface area contributed by atoms with Gasteiger partial charge in [-0.25, -0.2) is 13.8 Å². The molecule has 2 aromatic rings. The van der Waals surface area contributed by atoms with Crippen LogP contribution in [0.1, 0.15) is 84.7 Å². The predicted molar refractivity (Wildman–Crippen MR) is 152 cm³/mol. The summed E-state index contributed by atoms with van der Waals surface area (Å²) in [5.41, 5.74) is 0.0226. The van der Waals surface area contributed by atoms with Gasteiger partial charge in [0.15, 0.2) is 12.4 Å². The minimum atomic E-state index is -4.31. The van der Waals surface area contributed by atoms with Gasteiger partial charge in [0.25, 0.3) is 12.3 Å². The smallest absolute Gasteiger partial charge is 0.391 e. The molecular formula is C30H33Cl2F5N2O4. The molecule has 1 heterocycles. The quantitative estimate of drug-likeness (QED) is 0.198. The molecule has 236 valence electrons. The third-order valence-electron chi connectivity index (χ3n) is 7.30. The summed E-state index contributed by atoms with van der Waals surface area (Å²) in [6.07, 6.45) is -5.93. The Morgan fingerprint density at radius 2 is 1.72 bits per heavy atom. The van der Waals surface area contributed by atoms with E-state index in [2.05, 4.69) is 10.3 Å². The Kier molecular flexibility index (Phi) is 11.6. The molecule has 43 heavy (non-hydrogen) atoms. The van der Waals surface area contributed by atoms with Gasteiger partial charge in [0, 0.05) is 30.5 Å². The Hall–Kier alpha value is -2.79. The highest BCUT2D eigenvalue weighted by atomic mass is 35.5. The fourth-order valence-electron chi connectivity index (χ4n) is 4.78. The number of halogens is 7. The molecule has 3 rings (SSSR count). The predicted octanol–water partition coefficient (Wildman–Crippen LogP) is 7.86. The molecule has 1 aromatic heterocycles. The molecule has 1 saturated carbocycles. The van der Waals surface area contributed by atoms with Gasteiger partial charge in [-0.2, -0.15) is 13.2 Å². The van der Waals surface area contributed by atoms with Crippen LogP contribution in [0.5, 0.6) is 5.88 Å². The van der Waals surface area contributed by atoms with E-state index in [9.17, 15) is 36.3 Å². The largest absolute Gasteiger partial charge is 0.471 e. The number of carbonyl (C=O) groups excluding carboxylic acids is 3. The van der Waals surface area contributed by atoms with Crippen molar-refractivity contribution < 1.29 is 41.1 Å². The van der Waals surface area contributed by atoms with Crippen LogP contribution in [0.2, 0.25) is 10.0 Å². The lowest BCUT2D eigenvalue weighted by Gasteiger charge is -2.30. The highest BCUT2D eigenvalue weighted by Gasteiger charge is 2.41. The minimum absolute atomic E-state index is 0.0193. The van der Waals surface area contributed by atoms with Crippen LogP contribution >= 0.6 is 23.2 Å². The first-order valence-electron chi connectivity index (χ1n) is 13.8. The summed E-state index contributed by atoms with van der Waals surface area (Å²) in [6, 6.07) is 3.84. The lowest BCUT2D eigenvalue weighted by atomic mass is 9.85. The summed E-state index contributed by atoms with van der Waals surface area (Å²) in [7, 11) is 0. The Morgan fingerprint density at radius 3 is 2.30 bits per heavy atom. The van der Waals surface area contributed by atoms with Gasteiger partial charge < -0.3 is 10.1 Å². The van der Waals surface area contributed by atoms with Gasteiger partial charge >= 0.3 is 6.18 Å². The Bertz CT molecular complexity index is 1340. The molecule has 1 aromatic carbocycles. The van der Waals surface area contributed by atoms with E-state index >= 15 is 0 Å². The zero-order valence-corrected chi connectivity index (χ0v) is 25.4. The maximum atomic E-state index is 13.3. The third-order valence-corrected chi connectivity index (χ3v) is 8.04. The normalized spacial score (nSPS) is 17.6. The number of amides is 1. The number of aryl methyl sites for hydroxylation is 1. The molecule has 1 aliphatic carbocycles. The maximum absolute atomic E-state index is 13.3. The molecule has 0 aliphatic heterocycles. The van der Waals surface area contributed by atoms with E-state index in [0.29, 0.717) is 12.0 Å². The zero-order chi connectivity index (χ0) is 32.1. The van der Waals surface area contributed by atoms with Crippen molar-refractivity contribution in [2.45, 2.75) is 84.4 Å². The second-order valence-electron chi connectivity index (χ2n) is 11.6. The Morgan fingerprint density at radius 1 is 1.07 bits per heavy atom. The lowest BCUT2D eigenvalue weighted by Crippen LogP contribution is -2.40. The molecule has 0 saturated heterocycles. The van der Waals surface area contributed by atoms with Crippen LogP contribution in [0.3, 0.4) is 0 Å². The van der Waals surface area contributed by atoms with E-state index in [-0.39, 0.29) is 71.0 Å². The van der Waals surface area contributed by atoms with Crippen LogP contribution in [0, 0.1) is 11.3 Å². The summed E-state index contributed by atoms with van der Waals surface area (Å²) >= 11 is 12.8. The second-order valence-corrected chi connectivity index (χ2v) is 12.4. The number of Topliss-reactive ketones (excluding diaryl/α,β-unsaturated/α-hetero) is 2. The monoisotopic (exact) mass is 650 g/mol. The summed E-state index contributed by atoms with van der Waals surface area (Å²) in [6.45, 7) is 4.37. The van der Waals surface area contributed by atoms with Crippen molar-refractivity contribution >= 4 is 40.7 Å². The number of alkyl halides is 5. The molecule has 0 bridgehead atoms. The van der Waals surface area contributed by atoms with Gasteiger partial charge in [0.1, 0.15) is 11.3 Å². The van der Waals surface area contributed by atoms with Crippen molar-refractivity contribution in [3.8, 4) is 5.88 Å². The first-order chi connectivity index (χ1) is 20.0. The van der Waals surface area contributed by atoms with Crippen molar-refractivity contribution in [2.75, 3.05) is 6.61 Å². The van der Waals surface area contributed by atoms with Crippen molar-refractivity contribution in [1.29, 1.82) is 0 Å². The first-order valence-corrected chi connectivity index (χ1v) is 14.5. The number of rotatable bonds is 11. The zero-order valence-electron chi connectivity index (χ0n) is 23.9. The Labute approximate surface area is 256 Å². The molecule has 1 amide bonds. The second kappa shape index (κ2) is 14.3. The molecule has 0 unspecified atom stereocenters. The third kappa shape index (κ3) is 9.60. The van der Waals surface area contributed by atoms with Crippen LogP contribution in [0.15, 0.2) is 24.4 Å². The van der Waals surface area contributed by atoms with E-state index in [1.54, 1.807) is 26.8 Å². The fourth-order valence-corrected chi connectivity index (χ4v) is 5.46. The van der Waals surface area contributed by atoms with Crippen LogP contribution in [0.25, 0.3) is 0 Å². The average Bonchev–Trinajstić information content (AvgIpc) is 2.91. The average molecular weight is 652 g/mol. The maximum Gasteiger partial charge on any atom is 0.391 e. The topological polar surface area (TPSA) is 85.4 Å². The molecule has 1 N–H and O–H groups in total. The number of ether oxygens (including phenoxy) is 1. The molecule has 6 nitrogen and oxygen atoms in total. The summed E-state index contributed by atoms with van der Waals surface area (Å²) < 4.78 is 69.7. The van der Waals surface area contributed by atoms with Crippen molar-refractivity contribution in [2.24, 2.45) is 11.3 Å². The molecule has 0 radical (unpaired) electrons. The van der Waals surface area contributed by atoms with Crippen LogP contribution in [-0.2, 0) is 17.6 Å². The van der Waals surface area contributed by atoms with Crippen LogP contribution < -0.4 is 10.1 Å². The van der Waals surface area contributed by atoms with E-state index in [1.807, 2.05) is 0 Å². The highest BCUT2D eigenvalue weighted by molar-refractivity contribution is 6.40. The number of nitrogens with one attached hydrogen (secondary N) is 1. The van der Waals surface area contributed by atoms with Gasteiger partial charge in [-0.1, -0.05) is 50.0 Å². The van der Waals surface area contributed by atoms with Crippen LogP contribution in [-0.4, -0.2) is 47.7 Å². The number of hydrogen-bond acceptors (Lipinski definition) is 5. The molecule has 1 aliphatic rings. The fraction of sp³-hybridized carbons (Fsp3) is 0.533. The first kappa shape index (κ1) is 34.7. The van der Waals surface area contributed by atoms with Crippen molar-refractivity contribution in [1.82, 2.24) is 10.3 Å². The van der Waals surface area contributed by atoms with Gasteiger partial charge in [0.05, 0.1) is 21.5 Å². The highest BCUT2D eigenvalue weighted by Crippen LogP contribution is 2.38. The van der Waals surface area contributed by atoms with Gasteiger partial charge in [0.2, 0.25) is 5.88 Å². The number of ketones is 2. The van der Waals surface area contributed by atoms with E-state index < -0.39 is 54.2 Å². The molecule has 13 heteroatoms. The number of pyridine rings is 1. The standard InChI is InChI=1S/C30H33Cl2F5N2O4/c1-29(2,3)23(41)11-5-17-4-10-21(31)25(26(17)32)22(40)13-16-12-20(28(38-14-16)43-15-24(33)34)27(42)39-19-8-6-18(7-9-19)30(35,36)37/h4,10,12,14,18-19,24H,5-9,11,13,15H2,1-3H3,(H,39,42). The SMILES string of the molecule is CC(C)(C)C(=O)CCc1ccc(Cl)c(C(=O)Cc2cnc(OCC(F)F)c(C(=O)NC3CCC(C(F)(F)F)CC3)c2)c1Cl. The summed E-state index contributed by atoms with van der Waals surface area (Å²) in [5.74, 6) is -3.12. The van der Waals surface area contributed by atoms with Crippen LogP contribution in [0.4, 0.5) is 22.0 Å². The van der Waals surface area contributed by atoms with Gasteiger partial charge in [-0.3, -0.25) is 14.4 Å². The number of benzene rings is 1. The molecule has 0 spiro atoms. The van der Waals surface area contributed by atoms with Crippen molar-refractivity contribution in [3.63, 3.8) is 0 Å². The molecule has 1 fully saturated rings. The lowest BCUT2D eigenvalue weighted by molar-refractivity contribution is -0.182. The number of carbonyl (C=O) groups is 3. The van der Waals surface area contributed by atoms with E-state index in [0.717, 1.165) is 0 Å². The van der Waals surface area contributed by atoms with Crippen molar-refractivity contribution in [3.05, 3.63) is 56.7 Å². The van der Waals surface area contributed by atoms with E-state index in [4.69, 9.17) is 27.9 Å². The minimum Gasteiger partial charge on any atom is -0.471 e. The molecular weight excluding hydrogens is 618 g/mol. The van der Waals surface area contributed by atoms with E-state index in [1.165, 1.54) is 18.3 Å².